The summed E-state index contributed by atoms with van der Waals surface area (Å²) in [7, 11) is 0. The lowest BCUT2D eigenvalue weighted by Crippen LogP contribution is -2.48. The van der Waals surface area contributed by atoms with Crippen LogP contribution in [0.25, 0.3) is 0 Å². The molecule has 1 aliphatic rings. The van der Waals surface area contributed by atoms with Crippen molar-refractivity contribution in [2.24, 2.45) is 0 Å². The summed E-state index contributed by atoms with van der Waals surface area (Å²) in [6.07, 6.45) is -0.327. The molecule has 21 heavy (non-hydrogen) atoms. The second-order valence-electron chi connectivity index (χ2n) is 4.82. The molecule has 2 aromatic rings. The molecule has 1 aromatic carbocycles. The quantitative estimate of drug-likeness (QED) is 0.812. The Hall–Kier alpha value is -2.08. The van der Waals surface area contributed by atoms with E-state index >= 15 is 0 Å². The van der Waals surface area contributed by atoms with Crippen LogP contribution in [0.3, 0.4) is 0 Å². The van der Waals surface area contributed by atoms with Crippen molar-refractivity contribution in [3.8, 4) is 0 Å². The van der Waals surface area contributed by atoms with E-state index in [-0.39, 0.29) is 24.5 Å². The molecule has 1 aromatic heterocycles. The van der Waals surface area contributed by atoms with E-state index in [2.05, 4.69) is 10.1 Å². The summed E-state index contributed by atoms with van der Waals surface area (Å²) >= 11 is 5.62. The van der Waals surface area contributed by atoms with Crippen molar-refractivity contribution >= 4 is 17.7 Å². The number of carbonyl (C=O) groups is 1. The van der Waals surface area contributed by atoms with Gasteiger partial charge in [0.15, 0.2) is 5.82 Å². The van der Waals surface area contributed by atoms with Crippen molar-refractivity contribution < 1.29 is 14.1 Å². The van der Waals surface area contributed by atoms with Crippen LogP contribution >= 0.6 is 11.6 Å². The Bertz CT molecular complexity index is 611. The average molecular weight is 308 g/mol. The largest absolute Gasteiger partial charge is 0.445 e. The third-order valence-corrected chi connectivity index (χ3v) is 3.54. The van der Waals surface area contributed by atoms with Crippen LogP contribution in [-0.4, -0.2) is 34.2 Å². The number of halogens is 1. The van der Waals surface area contributed by atoms with Crippen molar-refractivity contribution in [2.75, 3.05) is 13.1 Å². The second-order valence-corrected chi connectivity index (χ2v) is 5.09. The topological polar surface area (TPSA) is 68.5 Å². The number of hydrogen-bond donors (Lipinski definition) is 0. The van der Waals surface area contributed by atoms with Crippen LogP contribution in [0.15, 0.2) is 34.9 Å². The fourth-order valence-electron chi connectivity index (χ4n) is 2.08. The molecule has 1 aliphatic heterocycles. The van der Waals surface area contributed by atoms with Crippen LogP contribution in [0, 0.1) is 0 Å². The summed E-state index contributed by atoms with van der Waals surface area (Å²) in [5, 5.41) is 3.73. The van der Waals surface area contributed by atoms with Gasteiger partial charge in [0.05, 0.1) is 11.8 Å². The number of rotatable bonds is 4. The molecule has 1 fully saturated rings. The van der Waals surface area contributed by atoms with Crippen LogP contribution in [-0.2, 0) is 17.2 Å². The highest BCUT2D eigenvalue weighted by molar-refractivity contribution is 6.16. The first-order valence-corrected chi connectivity index (χ1v) is 7.14. The highest BCUT2D eigenvalue weighted by Gasteiger charge is 2.36. The zero-order valence-corrected chi connectivity index (χ0v) is 12.0. The molecule has 110 valence electrons. The fraction of sp³-hybridized carbons (Fsp3) is 0.357. The first-order valence-electron chi connectivity index (χ1n) is 6.60. The van der Waals surface area contributed by atoms with Gasteiger partial charge in [0.1, 0.15) is 6.61 Å². The number of aromatic nitrogens is 2. The van der Waals surface area contributed by atoms with Crippen LogP contribution < -0.4 is 0 Å². The van der Waals surface area contributed by atoms with E-state index in [9.17, 15) is 4.79 Å². The molecule has 0 atom stereocenters. The van der Waals surface area contributed by atoms with E-state index in [1.54, 1.807) is 4.90 Å². The van der Waals surface area contributed by atoms with Crippen LogP contribution in [0.4, 0.5) is 4.79 Å². The molecule has 0 bridgehead atoms. The molecule has 0 aliphatic carbocycles. The van der Waals surface area contributed by atoms with E-state index in [0.29, 0.717) is 24.8 Å². The number of likely N-dealkylation sites (tertiary alicyclic amines) is 1. The van der Waals surface area contributed by atoms with Gasteiger partial charge in [-0.15, -0.1) is 11.6 Å². The highest BCUT2D eigenvalue weighted by Crippen LogP contribution is 2.26. The number of benzene rings is 1. The molecule has 0 N–H and O–H groups in total. The van der Waals surface area contributed by atoms with Crippen molar-refractivity contribution in [1.29, 1.82) is 0 Å². The first-order chi connectivity index (χ1) is 10.3. The summed E-state index contributed by atoms with van der Waals surface area (Å²) in [5.41, 5.74) is 0.964. The molecular formula is C14H14ClN3O3. The SMILES string of the molecule is O=C(OCc1ccccc1)N1CC(c2nc(CCl)no2)C1. The van der Waals surface area contributed by atoms with Gasteiger partial charge in [-0.3, -0.25) is 0 Å². The minimum atomic E-state index is -0.327. The van der Waals surface area contributed by atoms with Crippen molar-refractivity contribution in [3.63, 3.8) is 0 Å². The maximum atomic E-state index is 11.9. The Kier molecular flexibility index (Phi) is 4.06. The lowest BCUT2D eigenvalue weighted by molar-refractivity contribution is 0.0605. The van der Waals surface area contributed by atoms with Gasteiger partial charge in [0.2, 0.25) is 5.89 Å². The Morgan fingerprint density at radius 3 is 2.81 bits per heavy atom. The summed E-state index contributed by atoms with van der Waals surface area (Å²) < 4.78 is 10.3. The fourth-order valence-corrected chi connectivity index (χ4v) is 2.19. The number of carbonyl (C=O) groups excluding carboxylic acids is 1. The van der Waals surface area contributed by atoms with Crippen LogP contribution in [0.1, 0.15) is 23.2 Å². The highest BCUT2D eigenvalue weighted by atomic mass is 35.5. The summed E-state index contributed by atoms with van der Waals surface area (Å²) in [6, 6.07) is 9.57. The third-order valence-electron chi connectivity index (χ3n) is 3.30. The smallest absolute Gasteiger partial charge is 0.410 e. The van der Waals surface area contributed by atoms with E-state index < -0.39 is 0 Å². The lowest BCUT2D eigenvalue weighted by atomic mass is 10.0. The van der Waals surface area contributed by atoms with Gasteiger partial charge < -0.3 is 14.2 Å². The Morgan fingerprint density at radius 1 is 1.38 bits per heavy atom. The van der Waals surface area contributed by atoms with Crippen LogP contribution in [0.2, 0.25) is 0 Å². The Balaban J connectivity index is 1.46. The molecule has 3 rings (SSSR count). The predicted octanol–water partition coefficient (Wildman–Crippen LogP) is 2.54. The average Bonchev–Trinajstić information content (AvgIpc) is 2.93. The maximum absolute atomic E-state index is 11.9. The molecule has 0 unspecified atom stereocenters. The van der Waals surface area contributed by atoms with Gasteiger partial charge in [0.25, 0.3) is 0 Å². The lowest BCUT2D eigenvalue weighted by Gasteiger charge is -2.35. The van der Waals surface area contributed by atoms with Gasteiger partial charge in [-0.05, 0) is 5.56 Å². The van der Waals surface area contributed by atoms with E-state index in [4.69, 9.17) is 20.9 Å². The van der Waals surface area contributed by atoms with Crippen molar-refractivity contribution in [3.05, 3.63) is 47.6 Å². The number of amides is 1. The minimum Gasteiger partial charge on any atom is -0.445 e. The summed E-state index contributed by atoms with van der Waals surface area (Å²) in [6.45, 7) is 1.33. The number of hydrogen-bond acceptors (Lipinski definition) is 5. The molecule has 7 heteroatoms. The van der Waals surface area contributed by atoms with Gasteiger partial charge in [-0.25, -0.2) is 4.79 Å². The number of nitrogens with zero attached hydrogens (tertiary/aromatic N) is 3. The third kappa shape index (κ3) is 3.16. The number of ether oxygens (including phenoxy) is 1. The van der Waals surface area contributed by atoms with Gasteiger partial charge in [0, 0.05) is 13.1 Å². The molecule has 1 saturated heterocycles. The molecule has 2 heterocycles. The van der Waals surface area contributed by atoms with E-state index in [1.165, 1.54) is 0 Å². The van der Waals surface area contributed by atoms with Crippen LogP contribution in [0.5, 0.6) is 0 Å². The molecule has 0 saturated carbocycles. The maximum Gasteiger partial charge on any atom is 0.410 e. The van der Waals surface area contributed by atoms with E-state index in [0.717, 1.165) is 5.56 Å². The molecule has 0 radical (unpaired) electrons. The predicted molar refractivity (Wildman–Crippen MR) is 74.8 cm³/mol. The summed E-state index contributed by atoms with van der Waals surface area (Å²) in [4.78, 5) is 17.6. The standard InChI is InChI=1S/C14H14ClN3O3/c15-6-12-16-13(21-17-12)11-7-18(8-11)14(19)20-9-10-4-2-1-3-5-10/h1-5,11H,6-9H2. The molecule has 6 nitrogen and oxygen atoms in total. The Labute approximate surface area is 126 Å². The molecule has 0 spiro atoms. The van der Waals surface area contributed by atoms with Gasteiger partial charge in [-0.1, -0.05) is 35.5 Å². The normalized spacial score (nSPS) is 14.8. The van der Waals surface area contributed by atoms with E-state index in [1.807, 2.05) is 30.3 Å². The number of alkyl halides is 1. The zero-order chi connectivity index (χ0) is 14.7. The Morgan fingerprint density at radius 2 is 2.14 bits per heavy atom. The van der Waals surface area contributed by atoms with Crippen molar-refractivity contribution in [1.82, 2.24) is 15.0 Å². The monoisotopic (exact) mass is 307 g/mol. The second kappa shape index (κ2) is 6.13. The van der Waals surface area contributed by atoms with Gasteiger partial charge >= 0.3 is 6.09 Å². The van der Waals surface area contributed by atoms with Gasteiger partial charge in [-0.2, -0.15) is 4.98 Å². The van der Waals surface area contributed by atoms with Crippen molar-refractivity contribution in [2.45, 2.75) is 18.4 Å². The first kappa shape index (κ1) is 13.9. The zero-order valence-electron chi connectivity index (χ0n) is 11.2. The molecular weight excluding hydrogens is 294 g/mol. The molecule has 1 amide bonds. The summed E-state index contributed by atoms with van der Waals surface area (Å²) in [5.74, 6) is 1.28. The minimum absolute atomic E-state index is 0.0683.